The lowest BCUT2D eigenvalue weighted by Crippen LogP contribution is -2.53. The van der Waals surface area contributed by atoms with Crippen LogP contribution >= 0.6 is 0 Å². The number of nitrogens with zero attached hydrogens (tertiary/aromatic N) is 2. The molecule has 2 heterocycles. The second kappa shape index (κ2) is 9.63. The first-order chi connectivity index (χ1) is 14.7. The fourth-order valence-corrected chi connectivity index (χ4v) is 3.68. The quantitative estimate of drug-likeness (QED) is 0.824. The fourth-order valence-electron chi connectivity index (χ4n) is 3.68. The highest BCUT2D eigenvalue weighted by molar-refractivity contribution is 5.89. The van der Waals surface area contributed by atoms with E-state index in [1.165, 1.54) is 0 Å². The van der Waals surface area contributed by atoms with Crippen molar-refractivity contribution in [2.24, 2.45) is 0 Å². The molecule has 2 aromatic rings. The zero-order valence-electron chi connectivity index (χ0n) is 17.0. The molecule has 0 unspecified atom stereocenters. The summed E-state index contributed by atoms with van der Waals surface area (Å²) >= 11 is 0. The standard InChI is InChI=1S/C23H27N3O4/c27-22(21-7-4-16-29-21)25-12-14-26(15-13-25)23(28)24-19-8-10-20(11-9-19)30-17-18-5-2-1-3-6-18/h1-3,5-6,8-11,21H,4,7,12-17H2,(H,24,28)/t21-/m0/s1. The molecule has 2 saturated heterocycles. The molecule has 4 rings (SSSR count). The minimum atomic E-state index is -0.298. The van der Waals surface area contributed by atoms with Gasteiger partial charge in [-0.2, -0.15) is 0 Å². The Hall–Kier alpha value is -3.06. The number of piperazine rings is 1. The summed E-state index contributed by atoms with van der Waals surface area (Å²) in [6.45, 7) is 3.28. The van der Waals surface area contributed by atoms with Gasteiger partial charge in [0.15, 0.2) is 0 Å². The highest BCUT2D eigenvalue weighted by Crippen LogP contribution is 2.19. The molecule has 2 fully saturated rings. The minimum absolute atomic E-state index is 0.0543. The lowest BCUT2D eigenvalue weighted by atomic mass is 10.2. The van der Waals surface area contributed by atoms with E-state index >= 15 is 0 Å². The molecule has 30 heavy (non-hydrogen) atoms. The molecule has 1 atom stereocenters. The largest absolute Gasteiger partial charge is 0.489 e. The Morgan fingerprint density at radius 2 is 1.67 bits per heavy atom. The predicted octanol–water partition coefficient (Wildman–Crippen LogP) is 3.12. The third-order valence-corrected chi connectivity index (χ3v) is 5.44. The maximum Gasteiger partial charge on any atom is 0.321 e. The van der Waals surface area contributed by atoms with Crippen molar-refractivity contribution in [1.82, 2.24) is 9.80 Å². The van der Waals surface area contributed by atoms with E-state index in [-0.39, 0.29) is 18.0 Å². The second-order valence-electron chi connectivity index (χ2n) is 7.54. The van der Waals surface area contributed by atoms with Crippen LogP contribution in [-0.2, 0) is 16.1 Å². The third kappa shape index (κ3) is 5.10. The van der Waals surface area contributed by atoms with Gasteiger partial charge in [-0.25, -0.2) is 4.79 Å². The zero-order valence-corrected chi connectivity index (χ0v) is 17.0. The monoisotopic (exact) mass is 409 g/mol. The van der Waals surface area contributed by atoms with Gasteiger partial charge in [-0.3, -0.25) is 4.79 Å². The first-order valence-electron chi connectivity index (χ1n) is 10.4. The van der Waals surface area contributed by atoms with Crippen molar-refractivity contribution in [3.8, 4) is 5.75 Å². The van der Waals surface area contributed by atoms with Gasteiger partial charge in [0.2, 0.25) is 0 Å². The molecule has 0 aromatic heterocycles. The highest BCUT2D eigenvalue weighted by atomic mass is 16.5. The van der Waals surface area contributed by atoms with Gasteiger partial charge in [-0.1, -0.05) is 30.3 Å². The number of carbonyl (C=O) groups is 2. The van der Waals surface area contributed by atoms with Crippen LogP contribution in [-0.4, -0.2) is 60.6 Å². The van der Waals surface area contributed by atoms with Crippen molar-refractivity contribution in [3.63, 3.8) is 0 Å². The molecule has 0 spiro atoms. The number of ether oxygens (including phenoxy) is 2. The number of hydrogen-bond donors (Lipinski definition) is 1. The first kappa shape index (κ1) is 20.2. The number of carbonyl (C=O) groups excluding carboxylic acids is 2. The third-order valence-electron chi connectivity index (χ3n) is 5.44. The van der Waals surface area contributed by atoms with Crippen molar-refractivity contribution >= 4 is 17.6 Å². The highest BCUT2D eigenvalue weighted by Gasteiger charge is 2.31. The van der Waals surface area contributed by atoms with Crippen LogP contribution in [0.4, 0.5) is 10.5 Å². The van der Waals surface area contributed by atoms with Crippen molar-refractivity contribution in [2.45, 2.75) is 25.6 Å². The van der Waals surface area contributed by atoms with Crippen LogP contribution in [0, 0.1) is 0 Å². The molecule has 7 heteroatoms. The maximum atomic E-state index is 12.6. The van der Waals surface area contributed by atoms with E-state index in [0.29, 0.717) is 45.1 Å². The molecule has 0 radical (unpaired) electrons. The summed E-state index contributed by atoms with van der Waals surface area (Å²) in [6.07, 6.45) is 1.44. The number of amides is 3. The number of nitrogens with one attached hydrogen (secondary N) is 1. The Balaban J connectivity index is 1.22. The Morgan fingerprint density at radius 3 is 2.33 bits per heavy atom. The predicted molar refractivity (Wildman–Crippen MR) is 113 cm³/mol. The Labute approximate surface area is 176 Å². The summed E-state index contributed by atoms with van der Waals surface area (Å²) in [4.78, 5) is 28.5. The van der Waals surface area contributed by atoms with E-state index in [2.05, 4.69) is 5.32 Å². The number of anilines is 1. The lowest BCUT2D eigenvalue weighted by molar-refractivity contribution is -0.142. The topological polar surface area (TPSA) is 71.1 Å². The molecule has 0 aliphatic carbocycles. The van der Waals surface area contributed by atoms with E-state index in [0.717, 1.165) is 24.2 Å². The van der Waals surface area contributed by atoms with E-state index < -0.39 is 0 Å². The van der Waals surface area contributed by atoms with Gasteiger partial charge in [0.05, 0.1) is 0 Å². The van der Waals surface area contributed by atoms with Crippen molar-refractivity contribution in [2.75, 3.05) is 38.1 Å². The average Bonchev–Trinajstić information content (AvgIpc) is 3.34. The van der Waals surface area contributed by atoms with Crippen molar-refractivity contribution < 1.29 is 19.1 Å². The second-order valence-corrected chi connectivity index (χ2v) is 7.54. The van der Waals surface area contributed by atoms with Crippen molar-refractivity contribution in [1.29, 1.82) is 0 Å². The first-order valence-corrected chi connectivity index (χ1v) is 10.4. The number of benzene rings is 2. The lowest BCUT2D eigenvalue weighted by Gasteiger charge is -2.35. The van der Waals surface area contributed by atoms with Crippen LogP contribution in [0.2, 0.25) is 0 Å². The number of urea groups is 1. The molecule has 0 bridgehead atoms. The number of rotatable bonds is 5. The van der Waals surface area contributed by atoms with Crippen LogP contribution in [0.1, 0.15) is 18.4 Å². The summed E-state index contributed by atoms with van der Waals surface area (Å²) in [5, 5.41) is 2.92. The molecule has 7 nitrogen and oxygen atoms in total. The summed E-state index contributed by atoms with van der Waals surface area (Å²) in [5.74, 6) is 0.803. The molecule has 2 aromatic carbocycles. The minimum Gasteiger partial charge on any atom is -0.489 e. The molecular formula is C23H27N3O4. The van der Waals surface area contributed by atoms with Gasteiger partial charge in [0.25, 0.3) is 5.91 Å². The van der Waals surface area contributed by atoms with Crippen molar-refractivity contribution in [3.05, 3.63) is 60.2 Å². The van der Waals surface area contributed by atoms with Gasteiger partial charge in [-0.15, -0.1) is 0 Å². The Morgan fingerprint density at radius 1 is 0.967 bits per heavy atom. The molecule has 3 amide bonds. The normalized spacial score (nSPS) is 18.9. The van der Waals surface area contributed by atoms with Crippen LogP contribution in [0.3, 0.4) is 0 Å². The molecule has 1 N–H and O–H groups in total. The van der Waals surface area contributed by atoms with Crippen LogP contribution in [0.25, 0.3) is 0 Å². The Bertz CT molecular complexity index is 843. The van der Waals surface area contributed by atoms with Crippen LogP contribution in [0.5, 0.6) is 5.75 Å². The van der Waals surface area contributed by atoms with Gasteiger partial charge in [-0.05, 0) is 42.7 Å². The summed E-state index contributed by atoms with van der Waals surface area (Å²) in [6, 6.07) is 17.2. The van der Waals surface area contributed by atoms with E-state index in [9.17, 15) is 9.59 Å². The van der Waals surface area contributed by atoms with Crippen LogP contribution in [0.15, 0.2) is 54.6 Å². The molecule has 0 saturated carbocycles. The fraction of sp³-hybridized carbons (Fsp3) is 0.391. The van der Waals surface area contributed by atoms with Gasteiger partial charge in [0.1, 0.15) is 18.5 Å². The Kier molecular flexibility index (Phi) is 6.49. The van der Waals surface area contributed by atoms with Gasteiger partial charge >= 0.3 is 6.03 Å². The molecular weight excluding hydrogens is 382 g/mol. The molecule has 158 valence electrons. The maximum absolute atomic E-state index is 12.6. The summed E-state index contributed by atoms with van der Waals surface area (Å²) in [7, 11) is 0. The molecule has 2 aliphatic heterocycles. The molecule has 2 aliphatic rings. The summed E-state index contributed by atoms with van der Waals surface area (Å²) < 4.78 is 11.3. The van der Waals surface area contributed by atoms with E-state index in [4.69, 9.17) is 9.47 Å². The SMILES string of the molecule is O=C(Nc1ccc(OCc2ccccc2)cc1)N1CCN(C(=O)[C@@H]2CCCO2)CC1. The van der Waals surface area contributed by atoms with Crippen LogP contribution < -0.4 is 10.1 Å². The zero-order chi connectivity index (χ0) is 20.8. The van der Waals surface area contributed by atoms with E-state index in [1.54, 1.807) is 9.80 Å². The summed E-state index contributed by atoms with van der Waals surface area (Å²) in [5.41, 5.74) is 1.82. The average molecular weight is 409 g/mol. The van der Waals surface area contributed by atoms with Gasteiger partial charge < -0.3 is 24.6 Å². The van der Waals surface area contributed by atoms with Gasteiger partial charge in [0, 0.05) is 38.5 Å². The van der Waals surface area contributed by atoms with E-state index in [1.807, 2.05) is 54.6 Å². The smallest absolute Gasteiger partial charge is 0.321 e. The number of hydrogen-bond acceptors (Lipinski definition) is 4.